The molecule has 0 fully saturated rings. The van der Waals surface area contributed by atoms with Gasteiger partial charge >= 0.3 is 6.03 Å². The Hall–Kier alpha value is -2.44. The van der Waals surface area contributed by atoms with Gasteiger partial charge in [-0.1, -0.05) is 29.3 Å². The second-order valence-corrected chi connectivity index (χ2v) is 5.68. The zero-order valence-electron chi connectivity index (χ0n) is 13.5. The molecule has 6 nitrogen and oxygen atoms in total. The molecule has 0 heterocycles. The van der Waals surface area contributed by atoms with Crippen molar-refractivity contribution in [3.63, 3.8) is 0 Å². The van der Waals surface area contributed by atoms with E-state index in [1.54, 1.807) is 36.4 Å². The molecule has 2 rings (SSSR count). The molecule has 0 aliphatic heterocycles. The molecule has 0 atom stereocenters. The normalized spacial score (nSPS) is 10.7. The third-order valence-corrected chi connectivity index (χ3v) is 3.80. The number of nitrogens with two attached hydrogens (primary N) is 1. The first kappa shape index (κ1) is 18.9. The highest BCUT2D eigenvalue weighted by Gasteiger charge is 2.10. The van der Waals surface area contributed by atoms with E-state index in [0.29, 0.717) is 39.3 Å². The van der Waals surface area contributed by atoms with E-state index >= 15 is 0 Å². The molecule has 25 heavy (non-hydrogen) atoms. The Morgan fingerprint density at radius 3 is 2.56 bits per heavy atom. The van der Waals surface area contributed by atoms with Gasteiger partial charge in [0.2, 0.25) is 0 Å². The quantitative estimate of drug-likeness (QED) is 0.561. The third-order valence-electron chi connectivity index (χ3n) is 3.09. The number of hydrogen-bond acceptors (Lipinski definition) is 4. The number of hydrogen-bond donors (Lipinski definition) is 2. The van der Waals surface area contributed by atoms with Crippen molar-refractivity contribution in [2.75, 3.05) is 6.61 Å². The van der Waals surface area contributed by atoms with E-state index in [1.807, 2.05) is 6.92 Å². The molecule has 0 spiro atoms. The van der Waals surface area contributed by atoms with Crippen LogP contribution < -0.4 is 20.6 Å². The summed E-state index contributed by atoms with van der Waals surface area (Å²) in [6.45, 7) is 2.53. The zero-order chi connectivity index (χ0) is 18.2. The van der Waals surface area contributed by atoms with E-state index in [0.717, 1.165) is 0 Å². The van der Waals surface area contributed by atoms with Crippen LogP contribution in [0.5, 0.6) is 11.5 Å². The summed E-state index contributed by atoms with van der Waals surface area (Å²) in [5.74, 6) is 1.08. The minimum atomic E-state index is -0.738. The second-order valence-electron chi connectivity index (χ2n) is 4.86. The average molecular weight is 382 g/mol. The zero-order valence-corrected chi connectivity index (χ0v) is 15.0. The molecule has 3 N–H and O–H groups in total. The van der Waals surface area contributed by atoms with Gasteiger partial charge in [-0.15, -0.1) is 0 Å². The van der Waals surface area contributed by atoms with Crippen LogP contribution in [-0.2, 0) is 6.61 Å². The average Bonchev–Trinajstić information content (AvgIpc) is 2.56. The van der Waals surface area contributed by atoms with Crippen LogP contribution in [0.3, 0.4) is 0 Å². The lowest BCUT2D eigenvalue weighted by Crippen LogP contribution is -2.24. The topological polar surface area (TPSA) is 85.9 Å². The second kappa shape index (κ2) is 9.15. The van der Waals surface area contributed by atoms with Crippen molar-refractivity contribution in [2.45, 2.75) is 13.5 Å². The van der Waals surface area contributed by atoms with E-state index < -0.39 is 6.03 Å². The molecule has 0 aromatic heterocycles. The van der Waals surface area contributed by atoms with Crippen LogP contribution >= 0.6 is 23.2 Å². The summed E-state index contributed by atoms with van der Waals surface area (Å²) >= 11 is 12.3. The number of nitrogens with zero attached hydrogens (tertiary/aromatic N) is 1. The number of nitrogens with one attached hydrogen (secondary N) is 1. The summed E-state index contributed by atoms with van der Waals surface area (Å²) in [4.78, 5) is 10.6. The Balaban J connectivity index is 2.16. The number of ether oxygens (including phenoxy) is 2. The molecule has 8 heteroatoms. The molecule has 0 aliphatic carbocycles. The van der Waals surface area contributed by atoms with E-state index in [1.165, 1.54) is 6.21 Å². The van der Waals surface area contributed by atoms with Crippen LogP contribution in [-0.4, -0.2) is 18.9 Å². The SMILES string of the molecule is CCOc1cc(/C=N\NC(N)=O)ccc1OCc1c(Cl)cccc1Cl. The van der Waals surface area contributed by atoms with Crippen molar-refractivity contribution >= 4 is 35.4 Å². The van der Waals surface area contributed by atoms with Crippen LogP contribution in [0.1, 0.15) is 18.1 Å². The molecule has 2 aromatic rings. The molecule has 0 radical (unpaired) electrons. The van der Waals surface area contributed by atoms with Gasteiger partial charge in [0, 0.05) is 15.6 Å². The van der Waals surface area contributed by atoms with Gasteiger partial charge < -0.3 is 15.2 Å². The van der Waals surface area contributed by atoms with E-state index in [-0.39, 0.29) is 6.61 Å². The van der Waals surface area contributed by atoms with Crippen molar-refractivity contribution in [3.05, 3.63) is 57.6 Å². The highest BCUT2D eigenvalue weighted by molar-refractivity contribution is 6.35. The Morgan fingerprint density at radius 2 is 1.92 bits per heavy atom. The number of rotatable bonds is 7. The lowest BCUT2D eigenvalue weighted by Gasteiger charge is -2.14. The van der Waals surface area contributed by atoms with Crippen LogP contribution in [0.2, 0.25) is 10.0 Å². The first-order valence-corrected chi connectivity index (χ1v) is 8.18. The summed E-state index contributed by atoms with van der Waals surface area (Å²) in [6.07, 6.45) is 1.45. The van der Waals surface area contributed by atoms with Crippen molar-refractivity contribution < 1.29 is 14.3 Å². The highest BCUT2D eigenvalue weighted by Crippen LogP contribution is 2.31. The van der Waals surface area contributed by atoms with Gasteiger partial charge in [0.25, 0.3) is 0 Å². The number of halogens is 2. The van der Waals surface area contributed by atoms with Crippen molar-refractivity contribution in [2.24, 2.45) is 10.8 Å². The van der Waals surface area contributed by atoms with Gasteiger partial charge in [-0.05, 0) is 42.8 Å². The van der Waals surface area contributed by atoms with E-state index in [2.05, 4.69) is 10.5 Å². The lowest BCUT2D eigenvalue weighted by molar-refractivity contribution is 0.249. The minimum Gasteiger partial charge on any atom is -0.490 e. The molecule has 132 valence electrons. The number of amides is 2. The summed E-state index contributed by atoms with van der Waals surface area (Å²) in [7, 11) is 0. The number of hydrazone groups is 1. The number of primary amides is 1. The largest absolute Gasteiger partial charge is 0.490 e. The van der Waals surface area contributed by atoms with Crippen molar-refractivity contribution in [1.29, 1.82) is 0 Å². The summed E-state index contributed by atoms with van der Waals surface area (Å²) in [6, 6.07) is 9.77. The molecule has 0 saturated heterocycles. The third kappa shape index (κ3) is 5.55. The van der Waals surface area contributed by atoms with Gasteiger partial charge in [-0.25, -0.2) is 10.2 Å². The predicted octanol–water partition coefficient (Wildman–Crippen LogP) is 3.97. The lowest BCUT2D eigenvalue weighted by atomic mass is 10.2. The monoisotopic (exact) mass is 381 g/mol. The van der Waals surface area contributed by atoms with E-state index in [9.17, 15) is 4.79 Å². The van der Waals surface area contributed by atoms with Crippen LogP contribution in [0.25, 0.3) is 0 Å². The van der Waals surface area contributed by atoms with E-state index in [4.69, 9.17) is 38.4 Å². The fraction of sp³-hybridized carbons (Fsp3) is 0.176. The van der Waals surface area contributed by atoms with Gasteiger partial charge in [-0.3, -0.25) is 0 Å². The minimum absolute atomic E-state index is 0.204. The molecular weight excluding hydrogens is 365 g/mol. The summed E-state index contributed by atoms with van der Waals surface area (Å²) < 4.78 is 11.4. The van der Waals surface area contributed by atoms with Gasteiger partial charge in [0.15, 0.2) is 11.5 Å². The van der Waals surface area contributed by atoms with Gasteiger partial charge in [0.1, 0.15) is 6.61 Å². The predicted molar refractivity (Wildman–Crippen MR) is 98.7 cm³/mol. The van der Waals surface area contributed by atoms with Gasteiger partial charge in [0.05, 0.1) is 12.8 Å². The van der Waals surface area contributed by atoms with Gasteiger partial charge in [-0.2, -0.15) is 5.10 Å². The standard InChI is InChI=1S/C17H17Cl2N3O3/c1-2-24-16-8-11(9-21-22-17(20)23)6-7-15(16)25-10-12-13(18)4-3-5-14(12)19/h3-9H,2,10H2,1H3,(H3,20,22,23)/b21-9-. The van der Waals surface area contributed by atoms with Crippen molar-refractivity contribution in [3.8, 4) is 11.5 Å². The maximum absolute atomic E-state index is 10.6. The number of carbonyl (C=O) groups is 1. The molecule has 0 saturated carbocycles. The maximum atomic E-state index is 10.6. The Morgan fingerprint density at radius 1 is 1.20 bits per heavy atom. The molecule has 0 unspecified atom stereocenters. The highest BCUT2D eigenvalue weighted by atomic mass is 35.5. The van der Waals surface area contributed by atoms with Crippen molar-refractivity contribution in [1.82, 2.24) is 5.43 Å². The maximum Gasteiger partial charge on any atom is 0.332 e. The van der Waals surface area contributed by atoms with Crippen LogP contribution in [0.15, 0.2) is 41.5 Å². The number of benzene rings is 2. The Bertz CT molecular complexity index is 761. The van der Waals surface area contributed by atoms with Crippen LogP contribution in [0, 0.1) is 0 Å². The Kier molecular flexibility index (Phi) is 6.91. The molecular formula is C17H17Cl2N3O3. The fourth-order valence-corrected chi connectivity index (χ4v) is 2.49. The summed E-state index contributed by atoms with van der Waals surface area (Å²) in [5, 5.41) is 4.78. The fourth-order valence-electron chi connectivity index (χ4n) is 1.98. The van der Waals surface area contributed by atoms with Crippen LogP contribution in [0.4, 0.5) is 4.79 Å². The Labute approximate surface area is 155 Å². The number of urea groups is 1. The number of carbonyl (C=O) groups excluding carboxylic acids is 1. The first-order chi connectivity index (χ1) is 12.0. The smallest absolute Gasteiger partial charge is 0.332 e. The first-order valence-electron chi connectivity index (χ1n) is 7.42. The summed E-state index contributed by atoms with van der Waals surface area (Å²) in [5.41, 5.74) is 8.48. The molecule has 0 aliphatic rings. The molecule has 0 bridgehead atoms. The molecule has 2 amide bonds. The molecule has 2 aromatic carbocycles.